The number of halogens is 1. The molecule has 0 aliphatic heterocycles. The molecule has 7 nitrogen and oxygen atoms in total. The molecule has 0 atom stereocenters. The van der Waals surface area contributed by atoms with Crippen molar-refractivity contribution in [2.45, 2.75) is 27.7 Å². The van der Waals surface area contributed by atoms with Gasteiger partial charge in [0.15, 0.2) is 12.3 Å². The molecule has 158 valence electrons. The molecule has 0 aliphatic carbocycles. The molecule has 0 fully saturated rings. The Morgan fingerprint density at radius 3 is 2.55 bits per heavy atom. The highest BCUT2D eigenvalue weighted by molar-refractivity contribution is 6.00. The van der Waals surface area contributed by atoms with Crippen LogP contribution in [-0.2, 0) is 4.74 Å². The number of ether oxygens (including phenoxy) is 1. The fourth-order valence-corrected chi connectivity index (χ4v) is 3.58. The SMILES string of the molecule is Cc1ccc(-n2c(C)cc(C(=O)COC(=O)c3ccc4nnc(C)n4c3)c2C)cc1F. The summed E-state index contributed by atoms with van der Waals surface area (Å²) in [6.45, 7) is 6.69. The number of fused-ring (bicyclic) bond motifs is 1. The number of Topliss-reactive ketones (excluding diaryl/α,β-unsaturated/α-hetero) is 1. The molecule has 0 amide bonds. The van der Waals surface area contributed by atoms with Crippen molar-refractivity contribution in [3.8, 4) is 5.69 Å². The fourth-order valence-electron chi connectivity index (χ4n) is 3.58. The molecule has 8 heteroatoms. The van der Waals surface area contributed by atoms with Gasteiger partial charge in [-0.05, 0) is 63.6 Å². The van der Waals surface area contributed by atoms with E-state index in [1.807, 2.05) is 6.92 Å². The van der Waals surface area contributed by atoms with Crippen LogP contribution < -0.4 is 0 Å². The number of rotatable bonds is 5. The molecule has 1 aromatic carbocycles. The van der Waals surface area contributed by atoms with E-state index in [1.54, 1.807) is 66.3 Å². The number of carbonyl (C=O) groups is 2. The van der Waals surface area contributed by atoms with Gasteiger partial charge in [0.05, 0.1) is 5.56 Å². The van der Waals surface area contributed by atoms with Gasteiger partial charge in [0, 0.05) is 28.8 Å². The molecule has 4 aromatic rings. The van der Waals surface area contributed by atoms with Crippen LogP contribution in [0.2, 0.25) is 0 Å². The predicted molar refractivity (Wildman–Crippen MR) is 112 cm³/mol. The molecule has 0 bridgehead atoms. The molecule has 31 heavy (non-hydrogen) atoms. The molecule has 3 aromatic heterocycles. The third-order valence-corrected chi connectivity index (χ3v) is 5.29. The molecule has 0 spiro atoms. The first kappa shape index (κ1) is 20.5. The lowest BCUT2D eigenvalue weighted by Gasteiger charge is -2.11. The first-order valence-corrected chi connectivity index (χ1v) is 9.73. The molecular formula is C23H21FN4O3. The number of aromatic nitrogens is 4. The average Bonchev–Trinajstić information content (AvgIpc) is 3.27. The lowest BCUT2D eigenvalue weighted by atomic mass is 10.1. The van der Waals surface area contributed by atoms with Crippen LogP contribution in [0.3, 0.4) is 0 Å². The van der Waals surface area contributed by atoms with E-state index in [4.69, 9.17) is 4.74 Å². The van der Waals surface area contributed by atoms with Gasteiger partial charge in [0.2, 0.25) is 5.78 Å². The summed E-state index contributed by atoms with van der Waals surface area (Å²) in [5.41, 5.74) is 3.96. The third-order valence-electron chi connectivity index (χ3n) is 5.29. The maximum absolute atomic E-state index is 14.0. The number of aryl methyl sites for hydroxylation is 3. The van der Waals surface area contributed by atoms with Crippen molar-refractivity contribution in [3.63, 3.8) is 0 Å². The zero-order chi connectivity index (χ0) is 22.3. The summed E-state index contributed by atoms with van der Waals surface area (Å²) >= 11 is 0. The zero-order valence-corrected chi connectivity index (χ0v) is 17.6. The Hall–Kier alpha value is -3.81. The topological polar surface area (TPSA) is 78.5 Å². The standard InChI is InChI=1S/C23H21FN4O3/c1-13-5-7-18(10-20(13)24)28-14(2)9-19(15(28)3)21(29)12-31-23(30)17-6-8-22-26-25-16(4)27(22)11-17/h5-11H,12H2,1-4H3. The molecule has 4 rings (SSSR count). The Morgan fingerprint density at radius 2 is 1.81 bits per heavy atom. The molecule has 0 radical (unpaired) electrons. The van der Waals surface area contributed by atoms with Crippen LogP contribution in [-0.4, -0.2) is 37.5 Å². The van der Waals surface area contributed by atoms with Crippen molar-refractivity contribution in [1.82, 2.24) is 19.2 Å². The summed E-state index contributed by atoms with van der Waals surface area (Å²) in [4.78, 5) is 25.2. The second-order valence-electron chi connectivity index (χ2n) is 7.45. The second-order valence-corrected chi connectivity index (χ2v) is 7.45. The van der Waals surface area contributed by atoms with E-state index in [2.05, 4.69) is 10.2 Å². The number of carbonyl (C=O) groups excluding carboxylic acids is 2. The average molecular weight is 420 g/mol. The van der Waals surface area contributed by atoms with Crippen LogP contribution in [0.15, 0.2) is 42.6 Å². The van der Waals surface area contributed by atoms with Crippen molar-refractivity contribution in [2.24, 2.45) is 0 Å². The minimum absolute atomic E-state index is 0.295. The Morgan fingerprint density at radius 1 is 1.03 bits per heavy atom. The van der Waals surface area contributed by atoms with Crippen LogP contribution in [0, 0.1) is 33.5 Å². The van der Waals surface area contributed by atoms with Crippen LogP contribution in [0.5, 0.6) is 0 Å². The lowest BCUT2D eigenvalue weighted by Crippen LogP contribution is -2.15. The lowest BCUT2D eigenvalue weighted by molar-refractivity contribution is 0.0474. The maximum Gasteiger partial charge on any atom is 0.340 e. The van der Waals surface area contributed by atoms with Crippen LogP contribution in [0.25, 0.3) is 11.3 Å². The highest BCUT2D eigenvalue weighted by Gasteiger charge is 2.19. The van der Waals surface area contributed by atoms with Gasteiger partial charge in [-0.15, -0.1) is 10.2 Å². The number of hydrogen-bond donors (Lipinski definition) is 0. The minimum atomic E-state index is -0.613. The number of nitrogens with zero attached hydrogens (tertiary/aromatic N) is 4. The van der Waals surface area contributed by atoms with E-state index in [1.165, 1.54) is 6.07 Å². The maximum atomic E-state index is 14.0. The Labute approximate surface area is 178 Å². The number of benzene rings is 1. The molecule has 0 aliphatic rings. The Kier molecular flexibility index (Phi) is 5.14. The number of hydrogen-bond acceptors (Lipinski definition) is 5. The molecule has 0 saturated carbocycles. The van der Waals surface area contributed by atoms with Gasteiger partial charge in [0.1, 0.15) is 11.6 Å². The van der Waals surface area contributed by atoms with E-state index in [-0.39, 0.29) is 11.6 Å². The number of pyridine rings is 1. The second kappa shape index (κ2) is 7.79. The van der Waals surface area contributed by atoms with E-state index < -0.39 is 12.6 Å². The van der Waals surface area contributed by atoms with Crippen LogP contribution >= 0.6 is 0 Å². The Bertz CT molecular complexity index is 1340. The summed E-state index contributed by atoms with van der Waals surface area (Å²) in [7, 11) is 0. The van der Waals surface area contributed by atoms with E-state index >= 15 is 0 Å². The molecular weight excluding hydrogens is 399 g/mol. The zero-order valence-electron chi connectivity index (χ0n) is 17.6. The van der Waals surface area contributed by atoms with Gasteiger partial charge in [-0.2, -0.15) is 0 Å². The van der Waals surface area contributed by atoms with Crippen molar-refractivity contribution < 1.29 is 18.7 Å². The highest BCUT2D eigenvalue weighted by Crippen LogP contribution is 2.23. The van der Waals surface area contributed by atoms with Gasteiger partial charge in [0.25, 0.3) is 0 Å². The van der Waals surface area contributed by atoms with Gasteiger partial charge >= 0.3 is 5.97 Å². The summed E-state index contributed by atoms with van der Waals surface area (Å²) < 4.78 is 22.7. The molecule has 0 unspecified atom stereocenters. The van der Waals surface area contributed by atoms with Gasteiger partial charge in [-0.3, -0.25) is 9.20 Å². The van der Waals surface area contributed by atoms with Crippen molar-refractivity contribution >= 4 is 17.4 Å². The quantitative estimate of drug-likeness (QED) is 0.361. The van der Waals surface area contributed by atoms with E-state index in [0.29, 0.717) is 39.5 Å². The number of esters is 1. The summed E-state index contributed by atoms with van der Waals surface area (Å²) in [6, 6.07) is 9.89. The van der Waals surface area contributed by atoms with E-state index in [0.717, 1.165) is 5.69 Å². The first-order chi connectivity index (χ1) is 14.8. The van der Waals surface area contributed by atoms with Gasteiger partial charge < -0.3 is 9.30 Å². The van der Waals surface area contributed by atoms with Crippen molar-refractivity contribution in [1.29, 1.82) is 0 Å². The first-order valence-electron chi connectivity index (χ1n) is 9.73. The van der Waals surface area contributed by atoms with Crippen LogP contribution in [0.4, 0.5) is 4.39 Å². The third kappa shape index (κ3) is 3.72. The predicted octanol–water partition coefficient (Wildman–Crippen LogP) is 3.93. The smallest absolute Gasteiger partial charge is 0.340 e. The largest absolute Gasteiger partial charge is 0.454 e. The summed E-state index contributed by atoms with van der Waals surface area (Å²) in [5.74, 6) is -0.618. The van der Waals surface area contributed by atoms with Gasteiger partial charge in [-0.1, -0.05) is 6.07 Å². The Balaban J connectivity index is 1.52. The van der Waals surface area contributed by atoms with Crippen molar-refractivity contribution in [2.75, 3.05) is 6.61 Å². The molecule has 0 saturated heterocycles. The highest BCUT2D eigenvalue weighted by atomic mass is 19.1. The minimum Gasteiger partial charge on any atom is -0.454 e. The van der Waals surface area contributed by atoms with Crippen molar-refractivity contribution in [3.05, 3.63) is 82.3 Å². The number of ketones is 1. The summed E-state index contributed by atoms with van der Waals surface area (Å²) in [5, 5.41) is 7.92. The normalized spacial score (nSPS) is 11.1. The molecule has 0 N–H and O–H groups in total. The monoisotopic (exact) mass is 420 g/mol. The fraction of sp³-hybridized carbons (Fsp3) is 0.217. The van der Waals surface area contributed by atoms with Crippen LogP contribution in [0.1, 0.15) is 43.5 Å². The van der Waals surface area contributed by atoms with E-state index in [9.17, 15) is 14.0 Å². The molecule has 3 heterocycles. The van der Waals surface area contributed by atoms with Gasteiger partial charge in [-0.25, -0.2) is 9.18 Å². The summed E-state index contributed by atoms with van der Waals surface area (Å²) in [6.07, 6.45) is 1.58.